The lowest BCUT2D eigenvalue weighted by Crippen LogP contribution is -2.38. The van der Waals surface area contributed by atoms with Gasteiger partial charge in [0.05, 0.1) is 19.3 Å². The van der Waals surface area contributed by atoms with E-state index in [1.165, 1.54) is 12.8 Å². The highest BCUT2D eigenvalue weighted by Gasteiger charge is 2.45. The fraction of sp³-hybridized carbons (Fsp3) is 0.583. The number of carbonyl (C=O) groups is 1. The van der Waals surface area contributed by atoms with E-state index >= 15 is 0 Å². The second-order valence-corrected chi connectivity index (χ2v) is 9.32. The number of fused-ring (bicyclic) bond motifs is 1. The molecule has 4 atom stereocenters. The van der Waals surface area contributed by atoms with Gasteiger partial charge in [-0.05, 0) is 62.5 Å². The molecule has 0 radical (unpaired) electrons. The molecule has 7 nitrogen and oxygen atoms in total. The topological polar surface area (TPSA) is 68.6 Å². The summed E-state index contributed by atoms with van der Waals surface area (Å²) in [5.74, 6) is 3.50. The van der Waals surface area contributed by atoms with E-state index in [1.807, 2.05) is 35.4 Å². The number of nitrogens with one attached hydrogen (secondary N) is 1. The standard InChI is InChI=1S/C24H32N4O3/c1-16-25-8-9-28(16)22-10-18-13-27(14-19(18)11-23(22)31-15-17-6-7-17)24(29)26-20-4-3-5-21(12-20)30-2/h3-5,8-9,12,17-19,22-23H,6-7,10-11,13-15H2,1-2H3,(H,26,29)/t18-,19+,22-,23-/m0/s1. The van der Waals surface area contributed by atoms with Gasteiger partial charge in [0.1, 0.15) is 11.6 Å². The zero-order valence-corrected chi connectivity index (χ0v) is 18.4. The largest absolute Gasteiger partial charge is 0.497 e. The van der Waals surface area contributed by atoms with Gasteiger partial charge in [-0.15, -0.1) is 0 Å². The first-order valence-corrected chi connectivity index (χ1v) is 11.4. The van der Waals surface area contributed by atoms with Crippen molar-refractivity contribution in [2.45, 2.75) is 44.8 Å². The first-order chi connectivity index (χ1) is 15.1. The highest BCUT2D eigenvalue weighted by atomic mass is 16.5. The van der Waals surface area contributed by atoms with Crippen LogP contribution in [-0.4, -0.2) is 53.4 Å². The van der Waals surface area contributed by atoms with E-state index in [0.717, 1.165) is 55.7 Å². The monoisotopic (exact) mass is 424 g/mol. The quantitative estimate of drug-likeness (QED) is 0.758. The van der Waals surface area contributed by atoms with Gasteiger partial charge in [0, 0.05) is 43.8 Å². The van der Waals surface area contributed by atoms with Crippen LogP contribution in [0.15, 0.2) is 36.7 Å². The summed E-state index contributed by atoms with van der Waals surface area (Å²) < 4.78 is 14.0. The number of imidazole rings is 1. The molecular formula is C24H32N4O3. The zero-order chi connectivity index (χ0) is 21.4. The molecule has 0 bridgehead atoms. The number of likely N-dealkylation sites (tertiary alicyclic amines) is 1. The maximum Gasteiger partial charge on any atom is 0.321 e. The van der Waals surface area contributed by atoms with Crippen LogP contribution in [0.3, 0.4) is 0 Å². The Balaban J connectivity index is 1.27. The van der Waals surface area contributed by atoms with Crippen LogP contribution in [0.25, 0.3) is 0 Å². The molecule has 31 heavy (non-hydrogen) atoms. The second-order valence-electron chi connectivity index (χ2n) is 9.32. The number of aromatic nitrogens is 2. The molecule has 2 amide bonds. The normalized spacial score (nSPS) is 27.7. The van der Waals surface area contributed by atoms with Crippen LogP contribution >= 0.6 is 0 Å². The van der Waals surface area contributed by atoms with Gasteiger partial charge >= 0.3 is 6.03 Å². The van der Waals surface area contributed by atoms with Crippen LogP contribution in [0.5, 0.6) is 5.75 Å². The van der Waals surface area contributed by atoms with Crippen molar-refractivity contribution < 1.29 is 14.3 Å². The van der Waals surface area contributed by atoms with Gasteiger partial charge in [0.2, 0.25) is 0 Å². The van der Waals surface area contributed by atoms with E-state index in [0.29, 0.717) is 17.9 Å². The SMILES string of the molecule is COc1cccc(NC(=O)N2C[C@H]3C[C@H](OCC4CC4)[C@@H](n4ccnc4C)C[C@H]3C2)c1. The lowest BCUT2D eigenvalue weighted by molar-refractivity contribution is -0.0343. The third kappa shape index (κ3) is 4.42. The molecule has 1 aliphatic heterocycles. The van der Waals surface area contributed by atoms with Crippen molar-refractivity contribution in [3.8, 4) is 5.75 Å². The molecule has 2 saturated carbocycles. The van der Waals surface area contributed by atoms with Crippen LogP contribution in [0.2, 0.25) is 0 Å². The van der Waals surface area contributed by atoms with E-state index in [2.05, 4.69) is 28.0 Å². The molecule has 2 heterocycles. The molecule has 2 aromatic rings. The number of anilines is 1. The molecule has 3 aliphatic rings. The molecule has 0 spiro atoms. The number of hydrogen-bond donors (Lipinski definition) is 1. The van der Waals surface area contributed by atoms with Crippen LogP contribution in [0.1, 0.15) is 37.5 Å². The number of aryl methyl sites for hydroxylation is 1. The average Bonchev–Trinajstić information content (AvgIpc) is 3.36. The van der Waals surface area contributed by atoms with Crippen molar-refractivity contribution in [3.63, 3.8) is 0 Å². The number of carbonyl (C=O) groups excluding carboxylic acids is 1. The fourth-order valence-corrected chi connectivity index (χ4v) is 5.21. The third-order valence-electron chi connectivity index (χ3n) is 7.16. The van der Waals surface area contributed by atoms with E-state index in [4.69, 9.17) is 9.47 Å². The van der Waals surface area contributed by atoms with Gasteiger partial charge in [0.15, 0.2) is 0 Å². The summed E-state index contributed by atoms with van der Waals surface area (Å²) in [5.41, 5.74) is 0.761. The summed E-state index contributed by atoms with van der Waals surface area (Å²) in [6.07, 6.45) is 8.77. The summed E-state index contributed by atoms with van der Waals surface area (Å²) in [4.78, 5) is 19.4. The summed E-state index contributed by atoms with van der Waals surface area (Å²) in [5, 5.41) is 3.04. The molecule has 1 N–H and O–H groups in total. The Labute approximate surface area is 183 Å². The van der Waals surface area contributed by atoms with Crippen molar-refractivity contribution in [2.75, 3.05) is 32.1 Å². The molecule has 166 valence electrons. The molecule has 1 aromatic carbocycles. The number of urea groups is 1. The Hall–Kier alpha value is -2.54. The Kier molecular flexibility index (Phi) is 5.61. The minimum atomic E-state index is -0.0338. The van der Waals surface area contributed by atoms with Gasteiger partial charge in [0.25, 0.3) is 0 Å². The van der Waals surface area contributed by atoms with Crippen molar-refractivity contribution in [1.82, 2.24) is 14.5 Å². The highest BCUT2D eigenvalue weighted by molar-refractivity contribution is 5.89. The van der Waals surface area contributed by atoms with Crippen LogP contribution < -0.4 is 10.1 Å². The Morgan fingerprint density at radius 3 is 2.74 bits per heavy atom. The fourth-order valence-electron chi connectivity index (χ4n) is 5.21. The molecule has 0 unspecified atom stereocenters. The average molecular weight is 425 g/mol. The molecular weight excluding hydrogens is 392 g/mol. The van der Waals surface area contributed by atoms with Gasteiger partial charge in [-0.3, -0.25) is 0 Å². The van der Waals surface area contributed by atoms with E-state index < -0.39 is 0 Å². The summed E-state index contributed by atoms with van der Waals surface area (Å²) >= 11 is 0. The Bertz CT molecular complexity index is 925. The van der Waals surface area contributed by atoms with Crippen molar-refractivity contribution in [2.24, 2.45) is 17.8 Å². The highest BCUT2D eigenvalue weighted by Crippen LogP contribution is 2.44. The van der Waals surface area contributed by atoms with Gasteiger partial charge in [-0.25, -0.2) is 9.78 Å². The maximum absolute atomic E-state index is 13.0. The van der Waals surface area contributed by atoms with E-state index in [1.54, 1.807) is 7.11 Å². The van der Waals surface area contributed by atoms with Crippen LogP contribution in [0.4, 0.5) is 10.5 Å². The molecule has 2 aliphatic carbocycles. The molecule has 1 aromatic heterocycles. The van der Waals surface area contributed by atoms with Crippen molar-refractivity contribution >= 4 is 11.7 Å². The predicted octanol–water partition coefficient (Wildman–Crippen LogP) is 4.11. The lowest BCUT2D eigenvalue weighted by Gasteiger charge is -2.39. The molecule has 3 fully saturated rings. The molecule has 1 saturated heterocycles. The lowest BCUT2D eigenvalue weighted by atomic mass is 9.77. The minimum absolute atomic E-state index is 0.0338. The summed E-state index contributed by atoms with van der Waals surface area (Å²) in [6.45, 7) is 4.51. The number of amides is 2. The van der Waals surface area contributed by atoms with E-state index in [9.17, 15) is 4.79 Å². The smallest absolute Gasteiger partial charge is 0.321 e. The maximum atomic E-state index is 13.0. The number of methoxy groups -OCH3 is 1. The first-order valence-electron chi connectivity index (χ1n) is 11.4. The van der Waals surface area contributed by atoms with Gasteiger partial charge in [-0.1, -0.05) is 6.07 Å². The number of hydrogen-bond acceptors (Lipinski definition) is 4. The first kappa shape index (κ1) is 20.4. The van der Waals surface area contributed by atoms with Gasteiger partial charge in [-0.2, -0.15) is 0 Å². The van der Waals surface area contributed by atoms with Crippen LogP contribution in [-0.2, 0) is 4.74 Å². The number of benzene rings is 1. The predicted molar refractivity (Wildman–Crippen MR) is 118 cm³/mol. The molecule has 7 heteroatoms. The minimum Gasteiger partial charge on any atom is -0.497 e. The van der Waals surface area contributed by atoms with Crippen molar-refractivity contribution in [1.29, 1.82) is 0 Å². The Morgan fingerprint density at radius 2 is 2.03 bits per heavy atom. The zero-order valence-electron chi connectivity index (χ0n) is 18.4. The summed E-state index contributed by atoms with van der Waals surface area (Å²) in [7, 11) is 1.63. The third-order valence-corrected chi connectivity index (χ3v) is 7.16. The van der Waals surface area contributed by atoms with Crippen molar-refractivity contribution in [3.05, 3.63) is 42.5 Å². The number of rotatable bonds is 6. The molecule has 5 rings (SSSR count). The summed E-state index contributed by atoms with van der Waals surface area (Å²) in [6, 6.07) is 7.76. The second kappa shape index (κ2) is 8.54. The van der Waals surface area contributed by atoms with Gasteiger partial charge < -0.3 is 24.3 Å². The number of nitrogens with zero attached hydrogens (tertiary/aromatic N) is 3. The number of ether oxygens (including phenoxy) is 2. The van der Waals surface area contributed by atoms with Crippen LogP contribution in [0, 0.1) is 24.7 Å². The Morgan fingerprint density at radius 1 is 1.23 bits per heavy atom. The van der Waals surface area contributed by atoms with E-state index in [-0.39, 0.29) is 12.1 Å².